The summed E-state index contributed by atoms with van der Waals surface area (Å²) in [5.41, 5.74) is 9.43. The molecule has 0 bridgehead atoms. The van der Waals surface area contributed by atoms with Crippen LogP contribution in [0.4, 0.5) is 0 Å². The lowest BCUT2D eigenvalue weighted by Gasteiger charge is -2.52. The van der Waals surface area contributed by atoms with Gasteiger partial charge in [-0.1, -0.05) is 43.0 Å². The number of nitrogens with zero attached hydrogens (tertiary/aromatic N) is 3. The molecule has 1 aromatic rings. The highest BCUT2D eigenvalue weighted by molar-refractivity contribution is 8.00. The molecule has 13 atom stereocenters. The van der Waals surface area contributed by atoms with Crippen LogP contribution in [0.5, 0.6) is 0 Å². The highest BCUT2D eigenvalue weighted by Gasteiger charge is 2.65. The summed E-state index contributed by atoms with van der Waals surface area (Å²) in [7, 11) is 0.184. The van der Waals surface area contributed by atoms with Gasteiger partial charge in [-0.05, 0) is 23.7 Å². The fourth-order valence-corrected chi connectivity index (χ4v) is 8.58. The number of amides is 2. The molecule has 0 saturated carbocycles. The van der Waals surface area contributed by atoms with Crippen LogP contribution in [0.2, 0.25) is 25.7 Å². The molecule has 8 N–H and O–H groups in total. The van der Waals surface area contributed by atoms with Gasteiger partial charge in [-0.25, -0.2) is 9.59 Å². The lowest BCUT2D eigenvalue weighted by Crippen LogP contribution is -2.75. The highest BCUT2D eigenvalue weighted by atomic mass is 32.2. The smallest absolute Gasteiger partial charge is 0.367 e. The van der Waals surface area contributed by atoms with Crippen molar-refractivity contribution < 1.29 is 78.2 Å². The minimum absolute atomic E-state index is 0.0434. The van der Waals surface area contributed by atoms with E-state index in [1.165, 1.54) is 0 Å². The number of ether oxygens (including phenoxy) is 6. The Labute approximate surface area is 340 Å². The van der Waals surface area contributed by atoms with E-state index >= 15 is 0 Å². The van der Waals surface area contributed by atoms with Crippen molar-refractivity contribution in [1.82, 2.24) is 10.6 Å². The first-order valence-corrected chi connectivity index (χ1v) is 22.9. The highest BCUT2D eigenvalue weighted by Crippen LogP contribution is 2.45. The van der Waals surface area contributed by atoms with Crippen molar-refractivity contribution in [3.63, 3.8) is 0 Å². The van der Waals surface area contributed by atoms with Gasteiger partial charge in [0.1, 0.15) is 35.8 Å². The molecule has 0 aromatic heterocycles. The summed E-state index contributed by atoms with van der Waals surface area (Å²) in [4.78, 5) is 55.7. The van der Waals surface area contributed by atoms with E-state index in [-0.39, 0.29) is 6.61 Å². The minimum Gasteiger partial charge on any atom is -0.465 e. The second-order valence-electron chi connectivity index (χ2n) is 15.1. The first-order valence-electron chi connectivity index (χ1n) is 18.3. The second-order valence-corrected chi connectivity index (χ2v) is 21.9. The predicted molar refractivity (Wildman–Crippen MR) is 205 cm³/mol. The van der Waals surface area contributed by atoms with Crippen molar-refractivity contribution in [2.24, 2.45) is 5.11 Å². The van der Waals surface area contributed by atoms with Crippen molar-refractivity contribution in [2.45, 2.75) is 129 Å². The summed E-state index contributed by atoms with van der Waals surface area (Å²) in [6.45, 7) is 6.41. The Morgan fingerprint density at radius 3 is 2.09 bits per heavy atom. The Hall–Kier alpha value is -3.42. The molecule has 2 amide bonds. The fourth-order valence-electron chi connectivity index (χ4n) is 6.59. The summed E-state index contributed by atoms with van der Waals surface area (Å²) in [6, 6.07) is 5.57. The van der Waals surface area contributed by atoms with Gasteiger partial charge in [-0.2, -0.15) is 0 Å². The number of methoxy groups -OCH3 is 2. The van der Waals surface area contributed by atoms with Gasteiger partial charge in [-0.15, -0.1) is 11.8 Å². The molecule has 58 heavy (non-hydrogen) atoms. The molecule has 0 radical (unpaired) electrons. The number of aliphatic hydroxyl groups is 6. The number of rotatable bonds is 19. The zero-order chi connectivity index (χ0) is 43.6. The SMILES string of the molecule is COC(=O)[C@@]1(OCC[Si](C)(C)C)C[C@H](O)[C@@H](NC(C)=O)[C@H]([C@H](O)[C@@H](CN=[N+]=[N-])O[C@@]2(C(=O)OC)O[C@@H]([C@H](O)[C@H](O)CO)[C@H](NC(C)=O)[C@@H](O)[C@@H]2Sc2ccccc2)O1. The molecule has 326 valence electrons. The van der Waals surface area contributed by atoms with Crippen LogP contribution in [0, 0.1) is 0 Å². The summed E-state index contributed by atoms with van der Waals surface area (Å²) in [5.74, 6) is -9.23. The summed E-state index contributed by atoms with van der Waals surface area (Å²) >= 11 is 0.785. The van der Waals surface area contributed by atoms with Crippen molar-refractivity contribution in [3.05, 3.63) is 40.8 Å². The van der Waals surface area contributed by atoms with Crippen molar-refractivity contribution in [2.75, 3.05) is 34.0 Å². The molecule has 0 aliphatic carbocycles. The summed E-state index contributed by atoms with van der Waals surface area (Å²) in [5, 5.41) is 74.1. The van der Waals surface area contributed by atoms with Crippen molar-refractivity contribution >= 4 is 43.6 Å². The van der Waals surface area contributed by atoms with Crippen LogP contribution < -0.4 is 10.6 Å². The molecule has 1 aromatic carbocycles. The molecule has 2 aliphatic rings. The zero-order valence-corrected chi connectivity index (χ0v) is 35.1. The quantitative estimate of drug-likeness (QED) is 0.0270. The van der Waals surface area contributed by atoms with E-state index in [2.05, 4.69) is 20.7 Å². The Balaban J connectivity index is 2.29. The number of benzene rings is 1. The Kier molecular flexibility index (Phi) is 17.9. The zero-order valence-electron chi connectivity index (χ0n) is 33.3. The number of carbonyl (C=O) groups is 4. The van der Waals surface area contributed by atoms with E-state index in [9.17, 15) is 55.3 Å². The van der Waals surface area contributed by atoms with Gasteiger partial charge in [0.15, 0.2) is 0 Å². The maximum absolute atomic E-state index is 14.2. The molecule has 21 nitrogen and oxygen atoms in total. The molecule has 2 saturated heterocycles. The maximum atomic E-state index is 14.2. The van der Waals surface area contributed by atoms with Crippen molar-refractivity contribution in [1.29, 1.82) is 0 Å². The lowest BCUT2D eigenvalue weighted by atomic mass is 9.87. The van der Waals surface area contributed by atoms with Crippen LogP contribution in [-0.2, 0) is 47.6 Å². The molecule has 2 heterocycles. The van der Waals surface area contributed by atoms with Crippen LogP contribution in [-0.4, -0.2) is 174 Å². The van der Waals surface area contributed by atoms with E-state index in [0.717, 1.165) is 39.8 Å². The van der Waals surface area contributed by atoms with Gasteiger partial charge in [0.2, 0.25) is 11.8 Å². The van der Waals surface area contributed by atoms with E-state index in [4.69, 9.17) is 28.4 Å². The molecule has 0 spiro atoms. The molecule has 2 fully saturated rings. The van der Waals surface area contributed by atoms with Crippen LogP contribution in [0.3, 0.4) is 0 Å². The molecule has 0 unspecified atom stereocenters. The van der Waals surface area contributed by atoms with Crippen LogP contribution >= 0.6 is 11.8 Å². The largest absolute Gasteiger partial charge is 0.465 e. The van der Waals surface area contributed by atoms with Gasteiger partial charge in [0.05, 0.1) is 57.8 Å². The van der Waals surface area contributed by atoms with E-state index in [1.54, 1.807) is 30.3 Å². The van der Waals surface area contributed by atoms with E-state index < -0.39 is 129 Å². The maximum Gasteiger partial charge on any atom is 0.367 e. The lowest BCUT2D eigenvalue weighted by molar-refractivity contribution is -0.340. The number of hydrogen-bond acceptors (Lipinski definition) is 18. The first-order chi connectivity index (χ1) is 27.2. The molecule has 2 aliphatic heterocycles. The van der Waals surface area contributed by atoms with Crippen molar-refractivity contribution in [3.8, 4) is 0 Å². The standard InChI is InChI=1S/C35H55N5O16SSi/c1-18(42)38-24-21(44)15-34(32(49)51-3,53-13-14-58(5,6)7)55-29(24)27(47)23(16-37-40-36)54-35(33(50)52-4)31(57-20-11-9-8-10-12-20)28(48)25(39-19(2)43)30(56-35)26(46)22(45)17-41/h8-12,21-31,41,44-48H,13-17H2,1-7H3,(H,38,42)(H,39,43)/t21-,22+,23+,24+,25+,26+,27+,28+,29+,30+,31-,34+,35+/m0/s1. The fraction of sp³-hybridized carbons (Fsp3) is 0.714. The molecular weight excluding hydrogens is 807 g/mol. The first kappa shape index (κ1) is 48.9. The van der Waals surface area contributed by atoms with Gasteiger partial charge < -0.3 is 69.7 Å². The second kappa shape index (κ2) is 21.2. The number of thioether (sulfide) groups is 1. The number of nitrogens with one attached hydrogen (secondary N) is 2. The van der Waals surface area contributed by atoms with E-state index in [0.29, 0.717) is 10.9 Å². The number of carbonyl (C=O) groups excluding carboxylic acids is 4. The average molecular weight is 862 g/mol. The van der Waals surface area contributed by atoms with Crippen LogP contribution in [0.1, 0.15) is 20.3 Å². The van der Waals surface area contributed by atoms with Gasteiger partial charge in [0.25, 0.3) is 11.6 Å². The van der Waals surface area contributed by atoms with Crippen LogP contribution in [0.25, 0.3) is 10.4 Å². The Morgan fingerprint density at radius 1 is 0.966 bits per heavy atom. The topological polar surface area (TPSA) is 318 Å². The number of azide groups is 1. The van der Waals surface area contributed by atoms with E-state index in [1.807, 2.05) is 19.6 Å². The average Bonchev–Trinajstić information content (AvgIpc) is 3.17. The predicted octanol–water partition coefficient (Wildman–Crippen LogP) is -1.07. The van der Waals surface area contributed by atoms with Gasteiger partial charge in [0, 0.05) is 44.8 Å². The summed E-state index contributed by atoms with van der Waals surface area (Å²) in [6.07, 6.45) is -16.2. The Morgan fingerprint density at radius 2 is 1.55 bits per heavy atom. The third-order valence-corrected chi connectivity index (χ3v) is 12.6. The third-order valence-electron chi connectivity index (χ3n) is 9.48. The minimum atomic E-state index is -2.95. The van der Waals surface area contributed by atoms with Crippen LogP contribution in [0.15, 0.2) is 40.3 Å². The number of esters is 2. The molecule has 3 rings (SSSR count). The molecule has 23 heteroatoms. The Bertz CT molecular complexity index is 1610. The third kappa shape index (κ3) is 11.9. The number of hydrogen-bond donors (Lipinski definition) is 8. The van der Waals surface area contributed by atoms with Gasteiger partial charge in [-0.3, -0.25) is 9.59 Å². The molecular formula is C35H55N5O16SSi. The number of aliphatic hydroxyl groups excluding tert-OH is 6. The monoisotopic (exact) mass is 861 g/mol. The van der Waals surface area contributed by atoms with Gasteiger partial charge >= 0.3 is 11.9 Å². The summed E-state index contributed by atoms with van der Waals surface area (Å²) < 4.78 is 34.9. The normalized spacial score (nSPS) is 30.7.